The summed E-state index contributed by atoms with van der Waals surface area (Å²) in [5.41, 5.74) is 1.60. The normalized spacial score (nSPS) is 10.5. The van der Waals surface area contributed by atoms with E-state index in [4.69, 9.17) is 4.74 Å². The number of carbonyl (C=O) groups is 1. The molecule has 1 aromatic heterocycles. The minimum absolute atomic E-state index is 0.214. The standard InChI is InChI=1S/C18H21NO3/c1-4-12-22-17-9-7-6-8-15(17)16-11-10-14(13(3)20)18(21)19(16)5-2/h6-11H,4-5,12H2,1-3H3. The van der Waals surface area contributed by atoms with Crippen molar-refractivity contribution >= 4 is 5.78 Å². The van der Waals surface area contributed by atoms with Crippen molar-refractivity contribution in [3.63, 3.8) is 0 Å². The van der Waals surface area contributed by atoms with Crippen molar-refractivity contribution in [3.05, 3.63) is 52.3 Å². The molecule has 0 aliphatic heterocycles. The molecule has 2 aromatic rings. The number of ether oxygens (including phenoxy) is 1. The van der Waals surface area contributed by atoms with E-state index in [9.17, 15) is 9.59 Å². The molecule has 0 fully saturated rings. The third kappa shape index (κ3) is 3.11. The van der Waals surface area contributed by atoms with Gasteiger partial charge in [-0.1, -0.05) is 19.1 Å². The third-order valence-electron chi connectivity index (χ3n) is 3.49. The molecule has 116 valence electrons. The summed E-state index contributed by atoms with van der Waals surface area (Å²) in [5.74, 6) is 0.538. The van der Waals surface area contributed by atoms with Crippen LogP contribution < -0.4 is 10.3 Å². The van der Waals surface area contributed by atoms with Gasteiger partial charge >= 0.3 is 0 Å². The minimum Gasteiger partial charge on any atom is -0.493 e. The number of hydrogen-bond donors (Lipinski definition) is 0. The van der Waals surface area contributed by atoms with Crippen molar-refractivity contribution in [2.75, 3.05) is 6.61 Å². The fraction of sp³-hybridized carbons (Fsp3) is 0.333. The molecule has 0 aliphatic rings. The zero-order chi connectivity index (χ0) is 16.1. The van der Waals surface area contributed by atoms with E-state index in [0.29, 0.717) is 13.2 Å². The molecule has 0 saturated carbocycles. The van der Waals surface area contributed by atoms with Crippen LogP contribution in [0.2, 0.25) is 0 Å². The van der Waals surface area contributed by atoms with E-state index in [0.717, 1.165) is 23.4 Å². The van der Waals surface area contributed by atoms with Crippen LogP contribution in [0.15, 0.2) is 41.2 Å². The first-order valence-corrected chi connectivity index (χ1v) is 7.57. The van der Waals surface area contributed by atoms with Crippen molar-refractivity contribution in [1.29, 1.82) is 0 Å². The van der Waals surface area contributed by atoms with Crippen LogP contribution in [-0.2, 0) is 6.54 Å². The largest absolute Gasteiger partial charge is 0.493 e. The van der Waals surface area contributed by atoms with Crippen LogP contribution in [0.4, 0.5) is 0 Å². The van der Waals surface area contributed by atoms with E-state index in [1.54, 1.807) is 10.6 Å². The Bertz CT molecular complexity index is 731. The molecule has 0 aliphatic carbocycles. The van der Waals surface area contributed by atoms with Gasteiger partial charge in [0, 0.05) is 12.1 Å². The van der Waals surface area contributed by atoms with Crippen molar-refractivity contribution in [2.24, 2.45) is 0 Å². The zero-order valence-corrected chi connectivity index (χ0v) is 13.3. The fourth-order valence-electron chi connectivity index (χ4n) is 2.41. The van der Waals surface area contributed by atoms with Crippen LogP contribution in [0.5, 0.6) is 5.75 Å². The summed E-state index contributed by atoms with van der Waals surface area (Å²) >= 11 is 0. The van der Waals surface area contributed by atoms with Crippen LogP contribution in [-0.4, -0.2) is 17.0 Å². The minimum atomic E-state index is -0.252. The predicted molar refractivity (Wildman–Crippen MR) is 87.6 cm³/mol. The number of aromatic nitrogens is 1. The van der Waals surface area contributed by atoms with Crippen molar-refractivity contribution in [3.8, 4) is 17.0 Å². The molecule has 22 heavy (non-hydrogen) atoms. The van der Waals surface area contributed by atoms with Crippen LogP contribution in [0, 0.1) is 0 Å². The summed E-state index contributed by atoms with van der Waals surface area (Å²) in [5, 5.41) is 0. The summed E-state index contributed by atoms with van der Waals surface area (Å²) in [7, 11) is 0. The van der Waals surface area contributed by atoms with Crippen molar-refractivity contribution in [1.82, 2.24) is 4.57 Å². The van der Waals surface area contributed by atoms with Gasteiger partial charge in [-0.05, 0) is 44.5 Å². The Morgan fingerprint density at radius 1 is 1.14 bits per heavy atom. The lowest BCUT2D eigenvalue weighted by molar-refractivity contribution is 0.101. The highest BCUT2D eigenvalue weighted by Gasteiger charge is 2.14. The number of Topliss-reactive ketones (excluding diaryl/α,β-unsaturated/α-hetero) is 1. The van der Waals surface area contributed by atoms with Gasteiger partial charge in [0.2, 0.25) is 0 Å². The average molecular weight is 299 g/mol. The molecular weight excluding hydrogens is 278 g/mol. The molecule has 0 unspecified atom stereocenters. The molecule has 0 bridgehead atoms. The van der Waals surface area contributed by atoms with Crippen LogP contribution in [0.1, 0.15) is 37.6 Å². The summed E-state index contributed by atoms with van der Waals surface area (Å²) in [4.78, 5) is 24.0. The quantitative estimate of drug-likeness (QED) is 0.767. The number of pyridine rings is 1. The number of ketones is 1. The number of hydrogen-bond acceptors (Lipinski definition) is 3. The molecule has 4 heteroatoms. The molecule has 0 saturated heterocycles. The number of para-hydroxylation sites is 1. The maximum atomic E-state index is 12.5. The van der Waals surface area contributed by atoms with Gasteiger partial charge in [0.1, 0.15) is 5.75 Å². The molecule has 0 N–H and O–H groups in total. The first-order chi connectivity index (χ1) is 10.6. The lowest BCUT2D eigenvalue weighted by Crippen LogP contribution is -2.26. The number of rotatable bonds is 6. The first-order valence-electron chi connectivity index (χ1n) is 7.57. The van der Waals surface area contributed by atoms with E-state index >= 15 is 0 Å². The van der Waals surface area contributed by atoms with E-state index in [1.165, 1.54) is 6.92 Å². The van der Waals surface area contributed by atoms with Gasteiger partial charge in [-0.3, -0.25) is 9.59 Å². The predicted octanol–water partition coefficient (Wildman–Crippen LogP) is 3.53. The van der Waals surface area contributed by atoms with E-state index in [2.05, 4.69) is 0 Å². The van der Waals surface area contributed by atoms with Crippen molar-refractivity contribution < 1.29 is 9.53 Å². The highest BCUT2D eigenvalue weighted by Crippen LogP contribution is 2.29. The summed E-state index contributed by atoms with van der Waals surface area (Å²) in [6.45, 7) is 6.47. The maximum absolute atomic E-state index is 12.5. The van der Waals surface area contributed by atoms with Crippen LogP contribution >= 0.6 is 0 Å². The van der Waals surface area contributed by atoms with Gasteiger partial charge in [0.15, 0.2) is 5.78 Å². The van der Waals surface area contributed by atoms with Gasteiger partial charge in [0.05, 0.1) is 17.9 Å². The van der Waals surface area contributed by atoms with Gasteiger partial charge < -0.3 is 9.30 Å². The van der Waals surface area contributed by atoms with Crippen molar-refractivity contribution in [2.45, 2.75) is 33.7 Å². The SMILES string of the molecule is CCCOc1ccccc1-c1ccc(C(C)=O)c(=O)n1CC. The fourth-order valence-corrected chi connectivity index (χ4v) is 2.41. The zero-order valence-electron chi connectivity index (χ0n) is 13.3. The molecule has 1 heterocycles. The first kappa shape index (κ1) is 16.0. The molecule has 4 nitrogen and oxygen atoms in total. The Kier molecular flexibility index (Phi) is 5.15. The average Bonchev–Trinajstić information content (AvgIpc) is 2.52. The molecule has 0 radical (unpaired) electrons. The summed E-state index contributed by atoms with van der Waals surface area (Å²) in [6, 6.07) is 11.1. The van der Waals surface area contributed by atoms with Crippen LogP contribution in [0.3, 0.4) is 0 Å². The van der Waals surface area contributed by atoms with Gasteiger partial charge in [-0.25, -0.2) is 0 Å². The lowest BCUT2D eigenvalue weighted by Gasteiger charge is -2.16. The van der Waals surface area contributed by atoms with Gasteiger partial charge in [-0.15, -0.1) is 0 Å². The van der Waals surface area contributed by atoms with Gasteiger partial charge in [-0.2, -0.15) is 0 Å². The Hall–Kier alpha value is -2.36. The smallest absolute Gasteiger partial charge is 0.261 e. The monoisotopic (exact) mass is 299 g/mol. The van der Waals surface area contributed by atoms with E-state index in [-0.39, 0.29) is 16.9 Å². The van der Waals surface area contributed by atoms with E-state index in [1.807, 2.05) is 44.2 Å². The summed E-state index contributed by atoms with van der Waals surface area (Å²) in [6.07, 6.45) is 0.915. The number of benzene rings is 1. The Morgan fingerprint density at radius 3 is 2.50 bits per heavy atom. The molecule has 0 atom stereocenters. The second-order valence-corrected chi connectivity index (χ2v) is 5.08. The molecular formula is C18H21NO3. The Balaban J connectivity index is 2.61. The molecule has 0 spiro atoms. The highest BCUT2D eigenvalue weighted by molar-refractivity contribution is 5.94. The molecule has 2 rings (SSSR count). The second kappa shape index (κ2) is 7.07. The van der Waals surface area contributed by atoms with E-state index < -0.39 is 0 Å². The molecule has 1 aromatic carbocycles. The topological polar surface area (TPSA) is 48.3 Å². The Labute approximate surface area is 130 Å². The lowest BCUT2D eigenvalue weighted by atomic mass is 10.1. The van der Waals surface area contributed by atoms with Crippen LogP contribution in [0.25, 0.3) is 11.3 Å². The highest BCUT2D eigenvalue weighted by atomic mass is 16.5. The Morgan fingerprint density at radius 2 is 1.86 bits per heavy atom. The number of nitrogens with zero attached hydrogens (tertiary/aromatic N) is 1. The molecule has 0 amide bonds. The number of carbonyl (C=O) groups excluding carboxylic acids is 1. The van der Waals surface area contributed by atoms with Gasteiger partial charge in [0.25, 0.3) is 5.56 Å². The third-order valence-corrected chi connectivity index (χ3v) is 3.49. The maximum Gasteiger partial charge on any atom is 0.261 e. The second-order valence-electron chi connectivity index (χ2n) is 5.08. The summed E-state index contributed by atoms with van der Waals surface area (Å²) < 4.78 is 7.39.